The zero-order valence-corrected chi connectivity index (χ0v) is 14.9. The zero-order valence-electron chi connectivity index (χ0n) is 11.7. The van der Waals surface area contributed by atoms with E-state index in [1.165, 1.54) is 42.5 Å². The molecule has 0 aliphatic heterocycles. The second-order valence-corrected chi connectivity index (χ2v) is 8.88. The Bertz CT molecular complexity index is 944. The molecule has 0 spiro atoms. The van der Waals surface area contributed by atoms with E-state index in [1.54, 1.807) is 0 Å². The number of nitrogens with one attached hydrogen (secondary N) is 2. The third-order valence-electron chi connectivity index (χ3n) is 2.60. The number of hydrogen-bond acceptors (Lipinski definition) is 4. The van der Waals surface area contributed by atoms with Crippen LogP contribution in [0.3, 0.4) is 0 Å². The van der Waals surface area contributed by atoms with Crippen molar-refractivity contribution >= 4 is 54.6 Å². The fourth-order valence-corrected chi connectivity index (χ4v) is 4.12. The Hall–Kier alpha value is -1.48. The molecule has 0 aliphatic rings. The van der Waals surface area contributed by atoms with Gasteiger partial charge in [-0.25, -0.2) is 16.8 Å². The van der Waals surface area contributed by atoms with Crippen LogP contribution in [0.1, 0.15) is 0 Å². The van der Waals surface area contributed by atoms with Gasteiger partial charge in [-0.1, -0.05) is 29.3 Å². The monoisotopic (exact) mass is 394 g/mol. The fraction of sp³-hybridized carbons (Fsp3) is 0.0769. The molecule has 0 aromatic heterocycles. The maximum atomic E-state index is 12.4. The van der Waals surface area contributed by atoms with E-state index in [2.05, 4.69) is 9.44 Å². The van der Waals surface area contributed by atoms with Gasteiger partial charge in [-0.05, 0) is 36.4 Å². The number of sulfonamides is 2. The molecule has 0 fully saturated rings. The van der Waals surface area contributed by atoms with E-state index in [9.17, 15) is 16.8 Å². The standard InChI is InChI=1S/C13H12Cl2N2O4S2/c1-22(18,19)16-10-3-2-4-11(8-10)17-23(20,21)13-7-9(14)5-6-12(13)15/h2-8,16-17H,1H3. The van der Waals surface area contributed by atoms with Crippen molar-refractivity contribution in [3.05, 3.63) is 52.5 Å². The molecule has 124 valence electrons. The van der Waals surface area contributed by atoms with Crippen molar-refractivity contribution in [2.75, 3.05) is 15.7 Å². The van der Waals surface area contributed by atoms with E-state index in [1.807, 2.05) is 0 Å². The van der Waals surface area contributed by atoms with Gasteiger partial charge in [-0.2, -0.15) is 0 Å². The molecule has 0 saturated carbocycles. The highest BCUT2D eigenvalue weighted by molar-refractivity contribution is 7.93. The third-order valence-corrected chi connectivity index (χ3v) is 5.31. The Balaban J connectivity index is 2.34. The van der Waals surface area contributed by atoms with Gasteiger partial charge in [0.25, 0.3) is 10.0 Å². The summed E-state index contributed by atoms with van der Waals surface area (Å²) in [5, 5.41) is 0.245. The van der Waals surface area contributed by atoms with Gasteiger partial charge < -0.3 is 0 Å². The molecule has 0 amide bonds. The number of anilines is 2. The van der Waals surface area contributed by atoms with Crippen molar-refractivity contribution in [2.45, 2.75) is 4.90 Å². The first-order valence-corrected chi connectivity index (χ1v) is 10.3. The normalized spacial score (nSPS) is 12.0. The molecule has 2 rings (SSSR count). The van der Waals surface area contributed by atoms with Crippen LogP contribution in [0.2, 0.25) is 10.0 Å². The van der Waals surface area contributed by atoms with Crippen LogP contribution in [-0.4, -0.2) is 23.1 Å². The van der Waals surface area contributed by atoms with Crippen LogP contribution in [0.25, 0.3) is 0 Å². The average Bonchev–Trinajstić information content (AvgIpc) is 2.39. The van der Waals surface area contributed by atoms with Gasteiger partial charge in [-0.15, -0.1) is 0 Å². The summed E-state index contributed by atoms with van der Waals surface area (Å²) in [5.74, 6) is 0. The van der Waals surface area contributed by atoms with Gasteiger partial charge in [0.1, 0.15) is 4.90 Å². The first-order chi connectivity index (χ1) is 10.6. The molecular formula is C13H12Cl2N2O4S2. The van der Waals surface area contributed by atoms with Crippen molar-refractivity contribution in [3.8, 4) is 0 Å². The molecule has 2 aromatic carbocycles. The fourth-order valence-electron chi connectivity index (χ4n) is 1.75. The highest BCUT2D eigenvalue weighted by Crippen LogP contribution is 2.27. The highest BCUT2D eigenvalue weighted by Gasteiger charge is 2.19. The van der Waals surface area contributed by atoms with Crippen molar-refractivity contribution in [3.63, 3.8) is 0 Å². The summed E-state index contributed by atoms with van der Waals surface area (Å²) in [6, 6.07) is 9.89. The average molecular weight is 395 g/mol. The van der Waals surface area contributed by atoms with Crippen LogP contribution in [0.15, 0.2) is 47.4 Å². The van der Waals surface area contributed by atoms with Crippen LogP contribution in [0.5, 0.6) is 0 Å². The van der Waals surface area contributed by atoms with Gasteiger partial charge in [0.05, 0.1) is 22.7 Å². The summed E-state index contributed by atoms with van der Waals surface area (Å²) in [7, 11) is -7.44. The van der Waals surface area contributed by atoms with Gasteiger partial charge in [0.15, 0.2) is 0 Å². The summed E-state index contributed by atoms with van der Waals surface area (Å²) in [5.41, 5.74) is 0.402. The number of hydrogen-bond donors (Lipinski definition) is 2. The molecule has 0 aliphatic carbocycles. The minimum absolute atomic E-state index is 0.0207. The largest absolute Gasteiger partial charge is 0.284 e. The van der Waals surface area contributed by atoms with E-state index in [-0.39, 0.29) is 26.3 Å². The lowest BCUT2D eigenvalue weighted by molar-refractivity contribution is 0.601. The second-order valence-electron chi connectivity index (χ2n) is 4.64. The van der Waals surface area contributed by atoms with Crippen LogP contribution in [0, 0.1) is 0 Å². The van der Waals surface area contributed by atoms with E-state index >= 15 is 0 Å². The van der Waals surface area contributed by atoms with Crippen LogP contribution in [0.4, 0.5) is 11.4 Å². The van der Waals surface area contributed by atoms with Crippen LogP contribution in [-0.2, 0) is 20.0 Å². The minimum atomic E-state index is -3.97. The van der Waals surface area contributed by atoms with Crippen molar-refractivity contribution in [2.24, 2.45) is 0 Å². The Morgan fingerprint density at radius 3 is 2.09 bits per heavy atom. The summed E-state index contributed by atoms with van der Waals surface area (Å²) in [4.78, 5) is -0.173. The first kappa shape index (κ1) is 17.9. The Morgan fingerprint density at radius 1 is 0.870 bits per heavy atom. The quantitative estimate of drug-likeness (QED) is 0.814. The van der Waals surface area contributed by atoms with E-state index in [0.29, 0.717) is 0 Å². The molecule has 23 heavy (non-hydrogen) atoms. The van der Waals surface area contributed by atoms with Gasteiger partial charge >= 0.3 is 0 Å². The van der Waals surface area contributed by atoms with Crippen molar-refractivity contribution in [1.29, 1.82) is 0 Å². The molecule has 0 heterocycles. The number of halogens is 2. The van der Waals surface area contributed by atoms with Gasteiger partial charge in [0.2, 0.25) is 10.0 Å². The summed E-state index contributed by atoms with van der Waals surface area (Å²) in [6.07, 6.45) is 0.996. The van der Waals surface area contributed by atoms with E-state index in [4.69, 9.17) is 23.2 Å². The summed E-state index contributed by atoms with van der Waals surface area (Å²) in [6.45, 7) is 0. The molecule has 6 nitrogen and oxygen atoms in total. The lowest BCUT2D eigenvalue weighted by Crippen LogP contribution is -2.14. The van der Waals surface area contributed by atoms with Crippen LogP contribution >= 0.6 is 23.2 Å². The SMILES string of the molecule is CS(=O)(=O)Nc1cccc(NS(=O)(=O)c2cc(Cl)ccc2Cl)c1. The number of benzene rings is 2. The molecular weight excluding hydrogens is 383 g/mol. The topological polar surface area (TPSA) is 92.3 Å². The summed E-state index contributed by atoms with van der Waals surface area (Å²) >= 11 is 11.7. The molecule has 2 aromatic rings. The van der Waals surface area contributed by atoms with E-state index < -0.39 is 20.0 Å². The maximum Gasteiger partial charge on any atom is 0.263 e. The molecule has 0 atom stereocenters. The third kappa shape index (κ3) is 5.00. The van der Waals surface area contributed by atoms with E-state index in [0.717, 1.165) is 6.26 Å². The Morgan fingerprint density at radius 2 is 1.48 bits per heavy atom. The van der Waals surface area contributed by atoms with Gasteiger partial charge in [0, 0.05) is 5.02 Å². The minimum Gasteiger partial charge on any atom is -0.284 e. The molecule has 0 radical (unpaired) electrons. The lowest BCUT2D eigenvalue weighted by atomic mass is 10.3. The van der Waals surface area contributed by atoms with Crippen molar-refractivity contribution in [1.82, 2.24) is 0 Å². The molecule has 2 N–H and O–H groups in total. The first-order valence-electron chi connectivity index (χ1n) is 6.12. The Labute approximate surface area is 144 Å². The lowest BCUT2D eigenvalue weighted by Gasteiger charge is -2.11. The molecule has 10 heteroatoms. The molecule has 0 bridgehead atoms. The maximum absolute atomic E-state index is 12.4. The van der Waals surface area contributed by atoms with Gasteiger partial charge in [-0.3, -0.25) is 9.44 Å². The number of rotatable bonds is 5. The predicted molar refractivity (Wildman–Crippen MR) is 92.2 cm³/mol. The molecule has 0 saturated heterocycles. The zero-order chi connectivity index (χ0) is 17.3. The predicted octanol–water partition coefficient (Wildman–Crippen LogP) is 3.17. The molecule has 0 unspecified atom stereocenters. The second kappa shape index (κ2) is 6.56. The smallest absolute Gasteiger partial charge is 0.263 e. The van der Waals surface area contributed by atoms with Crippen molar-refractivity contribution < 1.29 is 16.8 Å². The van der Waals surface area contributed by atoms with Crippen LogP contribution < -0.4 is 9.44 Å². The highest BCUT2D eigenvalue weighted by atomic mass is 35.5. The Kier molecular flexibility index (Phi) is 5.10. The summed E-state index contributed by atoms with van der Waals surface area (Å²) < 4.78 is 51.8.